The molecular formula is C22H28N6O3. The van der Waals surface area contributed by atoms with Crippen molar-refractivity contribution in [2.75, 3.05) is 39.4 Å². The lowest BCUT2D eigenvalue weighted by molar-refractivity contribution is 0.0363. The van der Waals surface area contributed by atoms with E-state index < -0.39 is 0 Å². The molecule has 9 heteroatoms. The maximum Gasteiger partial charge on any atom is 0.267 e. The highest BCUT2D eigenvalue weighted by Gasteiger charge is 2.18. The molecule has 0 atom stereocenters. The van der Waals surface area contributed by atoms with E-state index in [0.29, 0.717) is 49.5 Å². The van der Waals surface area contributed by atoms with Gasteiger partial charge in [0.25, 0.3) is 11.5 Å². The summed E-state index contributed by atoms with van der Waals surface area (Å²) in [5, 5.41) is 11.9. The molecule has 3 aromatic heterocycles. The number of carbonyl (C=O) groups excluding carboxylic acids is 1. The van der Waals surface area contributed by atoms with E-state index in [1.165, 1.54) is 10.5 Å². The van der Waals surface area contributed by atoms with Gasteiger partial charge < -0.3 is 14.6 Å². The van der Waals surface area contributed by atoms with Crippen molar-refractivity contribution in [1.82, 2.24) is 24.2 Å². The Labute approximate surface area is 179 Å². The quantitative estimate of drug-likeness (QED) is 0.571. The number of pyridine rings is 2. The lowest BCUT2D eigenvalue weighted by Gasteiger charge is -2.27. The van der Waals surface area contributed by atoms with Crippen LogP contribution in [0.25, 0.3) is 16.7 Å². The molecule has 164 valence electrons. The zero-order valence-corrected chi connectivity index (χ0v) is 17.9. The summed E-state index contributed by atoms with van der Waals surface area (Å²) in [4.78, 5) is 33.0. The summed E-state index contributed by atoms with van der Waals surface area (Å²) >= 11 is 0. The fourth-order valence-corrected chi connectivity index (χ4v) is 3.74. The number of aromatic nitrogens is 3. The number of nitrogens with one attached hydrogen (secondary N) is 2. The van der Waals surface area contributed by atoms with Gasteiger partial charge in [-0.05, 0) is 24.1 Å². The molecule has 0 aliphatic carbocycles. The van der Waals surface area contributed by atoms with Crippen molar-refractivity contribution in [2.24, 2.45) is 5.92 Å². The van der Waals surface area contributed by atoms with Crippen LogP contribution in [0, 0.1) is 11.3 Å². The van der Waals surface area contributed by atoms with E-state index in [1.807, 2.05) is 19.9 Å². The lowest BCUT2D eigenvalue weighted by Crippen LogP contribution is -2.41. The normalized spacial score (nSPS) is 15.1. The summed E-state index contributed by atoms with van der Waals surface area (Å²) in [6.07, 6.45) is 1.66. The molecule has 4 heterocycles. The Morgan fingerprint density at radius 3 is 2.77 bits per heavy atom. The molecule has 1 aliphatic heterocycles. The number of morpholine rings is 1. The number of carbonyl (C=O) groups is 1. The molecule has 0 spiro atoms. The highest BCUT2D eigenvalue weighted by molar-refractivity contribution is 5.96. The summed E-state index contributed by atoms with van der Waals surface area (Å²) in [6.45, 7) is 8.65. The van der Waals surface area contributed by atoms with Crippen LogP contribution in [0.5, 0.6) is 0 Å². The van der Waals surface area contributed by atoms with Crippen LogP contribution in [0.2, 0.25) is 0 Å². The SMILES string of the molecule is CC(C)CNC(=O)c1cc2c(=O)n3ccccc3nc2n(CCN2CCOCC2)c1=N. The van der Waals surface area contributed by atoms with E-state index >= 15 is 0 Å². The van der Waals surface area contributed by atoms with Crippen molar-refractivity contribution < 1.29 is 9.53 Å². The summed E-state index contributed by atoms with van der Waals surface area (Å²) in [6, 6.07) is 6.86. The highest BCUT2D eigenvalue weighted by Crippen LogP contribution is 2.11. The minimum atomic E-state index is -0.349. The minimum absolute atomic E-state index is 0.0641. The Hall–Kier alpha value is -3.04. The molecule has 9 nitrogen and oxygen atoms in total. The molecule has 31 heavy (non-hydrogen) atoms. The fraction of sp³-hybridized carbons (Fsp3) is 0.455. The molecule has 1 fully saturated rings. The maximum absolute atomic E-state index is 13.2. The average Bonchev–Trinajstić information content (AvgIpc) is 2.77. The second-order valence-electron chi connectivity index (χ2n) is 8.20. The predicted octanol–water partition coefficient (Wildman–Crippen LogP) is 0.847. The molecule has 0 radical (unpaired) electrons. The van der Waals surface area contributed by atoms with Crippen LogP contribution < -0.4 is 16.4 Å². The first-order valence-corrected chi connectivity index (χ1v) is 10.6. The number of ether oxygens (including phenoxy) is 1. The topological polar surface area (TPSA) is 105 Å². The van der Waals surface area contributed by atoms with Crippen LogP contribution >= 0.6 is 0 Å². The largest absolute Gasteiger partial charge is 0.379 e. The number of fused-ring (bicyclic) bond motifs is 2. The first-order valence-electron chi connectivity index (χ1n) is 10.6. The minimum Gasteiger partial charge on any atom is -0.379 e. The van der Waals surface area contributed by atoms with Gasteiger partial charge in [0.1, 0.15) is 16.8 Å². The van der Waals surface area contributed by atoms with Crippen molar-refractivity contribution in [3.05, 3.63) is 51.9 Å². The van der Waals surface area contributed by atoms with E-state index in [-0.39, 0.29) is 28.4 Å². The van der Waals surface area contributed by atoms with Crippen LogP contribution in [-0.4, -0.2) is 64.2 Å². The summed E-state index contributed by atoms with van der Waals surface area (Å²) in [5.74, 6) is -0.0680. The van der Waals surface area contributed by atoms with Crippen LogP contribution in [-0.2, 0) is 11.3 Å². The van der Waals surface area contributed by atoms with E-state index in [9.17, 15) is 9.59 Å². The Morgan fingerprint density at radius 1 is 1.26 bits per heavy atom. The number of amides is 1. The van der Waals surface area contributed by atoms with Gasteiger partial charge >= 0.3 is 0 Å². The van der Waals surface area contributed by atoms with E-state index in [2.05, 4.69) is 15.2 Å². The number of nitrogens with zero attached hydrogens (tertiary/aromatic N) is 4. The van der Waals surface area contributed by atoms with E-state index in [0.717, 1.165) is 13.1 Å². The molecule has 1 saturated heterocycles. The summed E-state index contributed by atoms with van der Waals surface area (Å²) in [5.41, 5.74) is 0.934. The van der Waals surface area contributed by atoms with Gasteiger partial charge in [0.2, 0.25) is 0 Å². The van der Waals surface area contributed by atoms with Crippen molar-refractivity contribution in [1.29, 1.82) is 5.41 Å². The molecule has 1 amide bonds. The van der Waals surface area contributed by atoms with Crippen LogP contribution in [0.15, 0.2) is 35.3 Å². The maximum atomic E-state index is 13.2. The Balaban J connectivity index is 1.84. The third kappa shape index (κ3) is 4.38. The third-order valence-corrected chi connectivity index (χ3v) is 5.48. The Kier molecular flexibility index (Phi) is 6.15. The fourth-order valence-electron chi connectivity index (χ4n) is 3.74. The molecule has 0 unspecified atom stereocenters. The Bertz CT molecular complexity index is 1220. The van der Waals surface area contributed by atoms with Gasteiger partial charge in [0, 0.05) is 38.9 Å². The van der Waals surface area contributed by atoms with E-state index in [4.69, 9.17) is 10.1 Å². The smallest absolute Gasteiger partial charge is 0.267 e. The molecular weight excluding hydrogens is 396 g/mol. The second kappa shape index (κ2) is 8.99. The van der Waals surface area contributed by atoms with Crippen LogP contribution in [0.4, 0.5) is 0 Å². The number of rotatable bonds is 6. The lowest BCUT2D eigenvalue weighted by atomic mass is 10.1. The van der Waals surface area contributed by atoms with Gasteiger partial charge in [0.05, 0.1) is 24.2 Å². The van der Waals surface area contributed by atoms with Gasteiger partial charge in [0.15, 0.2) is 0 Å². The van der Waals surface area contributed by atoms with Gasteiger partial charge in [-0.1, -0.05) is 19.9 Å². The van der Waals surface area contributed by atoms with Crippen LogP contribution in [0.3, 0.4) is 0 Å². The van der Waals surface area contributed by atoms with Gasteiger partial charge in [-0.2, -0.15) is 0 Å². The monoisotopic (exact) mass is 424 g/mol. The molecule has 0 bridgehead atoms. The van der Waals surface area contributed by atoms with Crippen LogP contribution in [0.1, 0.15) is 24.2 Å². The third-order valence-electron chi connectivity index (χ3n) is 5.48. The molecule has 0 aromatic carbocycles. The van der Waals surface area contributed by atoms with Crippen molar-refractivity contribution >= 4 is 22.6 Å². The van der Waals surface area contributed by atoms with Gasteiger partial charge in [-0.15, -0.1) is 0 Å². The number of hydrogen-bond acceptors (Lipinski definition) is 6. The number of hydrogen-bond donors (Lipinski definition) is 2. The first-order chi connectivity index (χ1) is 15.0. The highest BCUT2D eigenvalue weighted by atomic mass is 16.5. The first kappa shape index (κ1) is 21.2. The molecule has 2 N–H and O–H groups in total. The molecule has 3 aromatic rings. The van der Waals surface area contributed by atoms with E-state index in [1.54, 1.807) is 22.9 Å². The zero-order valence-electron chi connectivity index (χ0n) is 17.9. The predicted molar refractivity (Wildman–Crippen MR) is 117 cm³/mol. The second-order valence-corrected chi connectivity index (χ2v) is 8.20. The standard InChI is InChI=1S/C22H28N6O3/c1-15(2)14-24-21(29)16-13-17-20(25-18-5-3-4-6-27(18)22(17)30)28(19(16)23)8-7-26-9-11-31-12-10-26/h3-6,13,15,23H,7-12,14H2,1-2H3,(H,24,29). The molecule has 0 saturated carbocycles. The average molecular weight is 425 g/mol. The zero-order chi connectivity index (χ0) is 22.0. The van der Waals surface area contributed by atoms with Crippen molar-refractivity contribution in [3.8, 4) is 0 Å². The van der Waals surface area contributed by atoms with Crippen molar-refractivity contribution in [2.45, 2.75) is 20.4 Å². The Morgan fingerprint density at radius 2 is 2.03 bits per heavy atom. The summed E-state index contributed by atoms with van der Waals surface area (Å²) in [7, 11) is 0. The van der Waals surface area contributed by atoms with Gasteiger partial charge in [-0.3, -0.25) is 24.3 Å². The van der Waals surface area contributed by atoms with Crippen molar-refractivity contribution in [3.63, 3.8) is 0 Å². The van der Waals surface area contributed by atoms with Gasteiger partial charge in [-0.25, -0.2) is 4.98 Å². The summed E-state index contributed by atoms with van der Waals surface area (Å²) < 4.78 is 8.56. The molecule has 4 rings (SSSR count). The molecule has 1 aliphatic rings.